The highest BCUT2D eigenvalue weighted by atomic mass is 16.3. The van der Waals surface area contributed by atoms with Gasteiger partial charge in [-0.25, -0.2) is 4.98 Å². The van der Waals surface area contributed by atoms with Gasteiger partial charge in [0, 0.05) is 12.8 Å². The van der Waals surface area contributed by atoms with Gasteiger partial charge >= 0.3 is 0 Å². The lowest BCUT2D eigenvalue weighted by Crippen LogP contribution is -1.88. The van der Waals surface area contributed by atoms with E-state index in [0.29, 0.717) is 23.6 Å². The zero-order chi connectivity index (χ0) is 11.7. The molecule has 0 aliphatic rings. The third-order valence-electron chi connectivity index (χ3n) is 2.66. The molecule has 3 rings (SSSR count). The molecule has 2 N–H and O–H groups in total. The molecule has 2 aromatic heterocycles. The number of hydrogen-bond acceptors (Lipinski definition) is 4. The monoisotopic (exact) mass is 228 g/mol. The number of furan rings is 1. The summed E-state index contributed by atoms with van der Waals surface area (Å²) in [5.41, 5.74) is 7.91. The summed E-state index contributed by atoms with van der Waals surface area (Å²) in [5.74, 6) is 1.62. The number of aryl methyl sites for hydroxylation is 2. The van der Waals surface area contributed by atoms with Crippen molar-refractivity contribution in [2.75, 3.05) is 5.73 Å². The maximum Gasteiger partial charge on any atom is 0.196 e. The first-order valence-corrected chi connectivity index (χ1v) is 5.49. The van der Waals surface area contributed by atoms with Crippen LogP contribution in [0.3, 0.4) is 0 Å². The van der Waals surface area contributed by atoms with Crippen LogP contribution in [0.4, 0.5) is 5.69 Å². The number of anilines is 1. The zero-order valence-corrected chi connectivity index (χ0v) is 9.22. The first-order valence-electron chi connectivity index (χ1n) is 5.49. The van der Waals surface area contributed by atoms with Gasteiger partial charge in [0.15, 0.2) is 11.5 Å². The third-order valence-corrected chi connectivity index (χ3v) is 2.66. The van der Waals surface area contributed by atoms with Crippen LogP contribution in [-0.4, -0.2) is 4.98 Å². The Morgan fingerprint density at radius 2 is 2.06 bits per heavy atom. The van der Waals surface area contributed by atoms with E-state index in [2.05, 4.69) is 4.98 Å². The minimum atomic E-state index is 0.624. The highest BCUT2D eigenvalue weighted by Crippen LogP contribution is 2.22. The first kappa shape index (κ1) is 9.96. The van der Waals surface area contributed by atoms with Crippen LogP contribution < -0.4 is 5.73 Å². The van der Waals surface area contributed by atoms with Crippen molar-refractivity contribution in [2.24, 2.45) is 0 Å². The van der Waals surface area contributed by atoms with Crippen molar-refractivity contribution in [1.82, 2.24) is 4.98 Å². The number of nitrogens with zero attached hydrogens (tertiary/aromatic N) is 1. The van der Waals surface area contributed by atoms with E-state index < -0.39 is 0 Å². The average molecular weight is 228 g/mol. The number of aromatic nitrogens is 1. The number of para-hydroxylation sites is 1. The van der Waals surface area contributed by atoms with Crippen LogP contribution >= 0.6 is 0 Å². The Labute approximate surface area is 98.0 Å². The summed E-state index contributed by atoms with van der Waals surface area (Å²) in [6, 6.07) is 9.39. The van der Waals surface area contributed by atoms with Crippen LogP contribution in [0.1, 0.15) is 11.7 Å². The van der Waals surface area contributed by atoms with E-state index in [-0.39, 0.29) is 0 Å². The van der Waals surface area contributed by atoms with Crippen molar-refractivity contribution in [2.45, 2.75) is 12.8 Å². The Bertz CT molecular complexity index is 626. The molecule has 17 heavy (non-hydrogen) atoms. The Kier molecular flexibility index (Phi) is 2.33. The second-order valence-corrected chi connectivity index (χ2v) is 3.88. The van der Waals surface area contributed by atoms with E-state index in [1.807, 2.05) is 30.3 Å². The maximum atomic E-state index is 5.81. The predicted octanol–water partition coefficient (Wildman–Crippen LogP) is 2.79. The topological polar surface area (TPSA) is 65.2 Å². The number of oxazole rings is 1. The number of hydrogen-bond donors (Lipinski definition) is 1. The summed E-state index contributed by atoms with van der Waals surface area (Å²) in [6.07, 6.45) is 3.15. The largest absolute Gasteiger partial charge is 0.469 e. The van der Waals surface area contributed by atoms with Crippen LogP contribution in [0.5, 0.6) is 0 Å². The zero-order valence-electron chi connectivity index (χ0n) is 9.22. The number of fused-ring (bicyclic) bond motifs is 1. The van der Waals surface area contributed by atoms with E-state index in [4.69, 9.17) is 14.6 Å². The molecule has 0 amide bonds. The van der Waals surface area contributed by atoms with Crippen LogP contribution in [0, 0.1) is 0 Å². The molecule has 4 nitrogen and oxygen atoms in total. The SMILES string of the molecule is Nc1cccc2nc(CCc3ccco3)oc12. The highest BCUT2D eigenvalue weighted by molar-refractivity contribution is 5.84. The van der Waals surface area contributed by atoms with Gasteiger partial charge in [-0.3, -0.25) is 0 Å². The van der Waals surface area contributed by atoms with Gasteiger partial charge in [-0.05, 0) is 24.3 Å². The fourth-order valence-electron chi connectivity index (χ4n) is 1.81. The molecule has 0 unspecified atom stereocenters. The lowest BCUT2D eigenvalue weighted by atomic mass is 10.2. The molecular weight excluding hydrogens is 216 g/mol. The van der Waals surface area contributed by atoms with Crippen LogP contribution in [0.2, 0.25) is 0 Å². The van der Waals surface area contributed by atoms with Crippen molar-refractivity contribution in [1.29, 1.82) is 0 Å². The van der Waals surface area contributed by atoms with Gasteiger partial charge in [0.1, 0.15) is 11.3 Å². The minimum Gasteiger partial charge on any atom is -0.469 e. The maximum absolute atomic E-state index is 5.81. The second-order valence-electron chi connectivity index (χ2n) is 3.88. The molecule has 3 aromatic rings. The Hall–Kier alpha value is -2.23. The third kappa shape index (κ3) is 1.89. The molecule has 0 saturated carbocycles. The van der Waals surface area contributed by atoms with Gasteiger partial charge in [0.25, 0.3) is 0 Å². The van der Waals surface area contributed by atoms with Crippen LogP contribution in [0.15, 0.2) is 45.4 Å². The summed E-state index contributed by atoms with van der Waals surface area (Å²) in [5, 5.41) is 0. The first-order chi connectivity index (χ1) is 8.33. The number of benzene rings is 1. The van der Waals surface area contributed by atoms with E-state index in [1.165, 1.54) is 0 Å². The molecule has 0 bridgehead atoms. The van der Waals surface area contributed by atoms with Crippen molar-refractivity contribution < 1.29 is 8.83 Å². The summed E-state index contributed by atoms with van der Waals surface area (Å²) in [6.45, 7) is 0. The molecule has 0 saturated heterocycles. The van der Waals surface area contributed by atoms with E-state index in [9.17, 15) is 0 Å². The average Bonchev–Trinajstić information content (AvgIpc) is 2.95. The van der Waals surface area contributed by atoms with Gasteiger partial charge < -0.3 is 14.6 Å². The fraction of sp³-hybridized carbons (Fsp3) is 0.154. The molecule has 0 spiro atoms. The van der Waals surface area contributed by atoms with Gasteiger partial charge in [-0.15, -0.1) is 0 Å². The molecule has 4 heteroatoms. The Morgan fingerprint density at radius 3 is 2.82 bits per heavy atom. The molecule has 86 valence electrons. The lowest BCUT2D eigenvalue weighted by molar-refractivity contribution is 0.480. The standard InChI is InChI=1S/C13H12N2O2/c14-10-4-1-5-11-13(10)17-12(15-11)7-6-9-3-2-8-16-9/h1-5,8H,6-7,14H2. The van der Waals surface area contributed by atoms with E-state index >= 15 is 0 Å². The van der Waals surface area contributed by atoms with Crippen molar-refractivity contribution in [3.05, 3.63) is 48.2 Å². The van der Waals surface area contributed by atoms with E-state index in [1.54, 1.807) is 6.26 Å². The van der Waals surface area contributed by atoms with Gasteiger partial charge in [0.2, 0.25) is 0 Å². The van der Waals surface area contributed by atoms with Crippen molar-refractivity contribution in [3.63, 3.8) is 0 Å². The molecule has 0 atom stereocenters. The summed E-state index contributed by atoms with van der Waals surface area (Å²) in [7, 11) is 0. The molecular formula is C13H12N2O2. The van der Waals surface area contributed by atoms with Crippen LogP contribution in [0.25, 0.3) is 11.1 Å². The Morgan fingerprint density at radius 1 is 1.12 bits per heavy atom. The summed E-state index contributed by atoms with van der Waals surface area (Å²) >= 11 is 0. The van der Waals surface area contributed by atoms with Crippen molar-refractivity contribution in [3.8, 4) is 0 Å². The Balaban J connectivity index is 1.84. The molecule has 1 aromatic carbocycles. The second kappa shape index (κ2) is 3.97. The molecule has 0 aliphatic carbocycles. The normalized spacial score (nSPS) is 11.1. The summed E-state index contributed by atoms with van der Waals surface area (Å²) in [4.78, 5) is 4.38. The van der Waals surface area contributed by atoms with Crippen LogP contribution in [-0.2, 0) is 12.8 Å². The van der Waals surface area contributed by atoms with E-state index in [0.717, 1.165) is 17.7 Å². The molecule has 0 aliphatic heterocycles. The minimum absolute atomic E-state index is 0.624. The number of nitrogen functional groups attached to an aromatic ring is 1. The smallest absolute Gasteiger partial charge is 0.196 e. The molecule has 0 fully saturated rings. The highest BCUT2D eigenvalue weighted by Gasteiger charge is 2.08. The van der Waals surface area contributed by atoms with Gasteiger partial charge in [0.05, 0.1) is 12.0 Å². The van der Waals surface area contributed by atoms with Crippen molar-refractivity contribution >= 4 is 16.8 Å². The van der Waals surface area contributed by atoms with Gasteiger partial charge in [-0.1, -0.05) is 6.07 Å². The lowest BCUT2D eigenvalue weighted by Gasteiger charge is -1.92. The molecule has 2 heterocycles. The summed E-state index contributed by atoms with van der Waals surface area (Å²) < 4.78 is 10.9. The number of rotatable bonds is 3. The number of nitrogens with two attached hydrogens (primary N) is 1. The van der Waals surface area contributed by atoms with Gasteiger partial charge in [-0.2, -0.15) is 0 Å². The molecule has 0 radical (unpaired) electrons. The predicted molar refractivity (Wildman–Crippen MR) is 64.5 cm³/mol. The quantitative estimate of drug-likeness (QED) is 0.700. The fourth-order valence-corrected chi connectivity index (χ4v) is 1.81.